The summed E-state index contributed by atoms with van der Waals surface area (Å²) in [6.45, 7) is 1.93. The van der Waals surface area contributed by atoms with Crippen molar-refractivity contribution in [1.29, 1.82) is 0 Å². The van der Waals surface area contributed by atoms with Crippen molar-refractivity contribution in [1.82, 2.24) is 0 Å². The molecular formula is C10H9ClO3. The molecule has 0 saturated heterocycles. The fraction of sp³-hybridized carbons (Fsp3) is 0.300. The molecule has 2 rings (SSSR count). The molecule has 0 aliphatic carbocycles. The average molecular weight is 213 g/mol. The number of hydrogen-bond acceptors (Lipinski definition) is 3. The van der Waals surface area contributed by atoms with E-state index in [1.165, 1.54) is 6.92 Å². The summed E-state index contributed by atoms with van der Waals surface area (Å²) < 4.78 is 5.28. The first kappa shape index (κ1) is 9.34. The number of halogens is 1. The predicted octanol–water partition coefficient (Wildman–Crippen LogP) is 2.18. The normalized spacial score (nSPS) is 13.6. The lowest BCUT2D eigenvalue weighted by Crippen LogP contribution is -1.95. The standard InChI is InChI=1S/C10H9ClO3/c1-5(12)7-4-8-6(2-3-14-8)9(11)10(7)13/h4,13H,2-3H2,1H3. The Hall–Kier alpha value is -1.22. The van der Waals surface area contributed by atoms with Crippen molar-refractivity contribution >= 4 is 17.4 Å². The first-order valence-electron chi connectivity index (χ1n) is 4.29. The van der Waals surface area contributed by atoms with Crippen LogP contribution in [-0.2, 0) is 6.42 Å². The second-order valence-electron chi connectivity index (χ2n) is 3.22. The van der Waals surface area contributed by atoms with Gasteiger partial charge in [0.1, 0.15) is 11.5 Å². The first-order valence-corrected chi connectivity index (χ1v) is 4.67. The smallest absolute Gasteiger partial charge is 0.163 e. The Morgan fingerprint density at radius 1 is 1.64 bits per heavy atom. The van der Waals surface area contributed by atoms with Crippen molar-refractivity contribution in [2.24, 2.45) is 0 Å². The van der Waals surface area contributed by atoms with Crippen molar-refractivity contribution < 1.29 is 14.6 Å². The summed E-state index contributed by atoms with van der Waals surface area (Å²) in [5.41, 5.74) is 1.00. The van der Waals surface area contributed by atoms with Gasteiger partial charge in [0.25, 0.3) is 0 Å². The first-order chi connectivity index (χ1) is 6.61. The molecule has 4 heteroatoms. The molecule has 0 spiro atoms. The Balaban J connectivity index is 2.67. The van der Waals surface area contributed by atoms with Gasteiger partial charge < -0.3 is 9.84 Å². The molecule has 14 heavy (non-hydrogen) atoms. The van der Waals surface area contributed by atoms with Gasteiger partial charge in [-0.2, -0.15) is 0 Å². The topological polar surface area (TPSA) is 46.5 Å². The van der Waals surface area contributed by atoms with E-state index in [0.29, 0.717) is 18.8 Å². The minimum atomic E-state index is -0.220. The summed E-state index contributed by atoms with van der Waals surface area (Å²) >= 11 is 5.91. The van der Waals surface area contributed by atoms with E-state index < -0.39 is 0 Å². The third-order valence-corrected chi connectivity index (χ3v) is 2.70. The largest absolute Gasteiger partial charge is 0.506 e. The van der Waals surface area contributed by atoms with Crippen LogP contribution in [-0.4, -0.2) is 17.5 Å². The molecule has 0 amide bonds. The molecule has 0 bridgehead atoms. The van der Waals surface area contributed by atoms with Crippen molar-refractivity contribution in [2.45, 2.75) is 13.3 Å². The van der Waals surface area contributed by atoms with Gasteiger partial charge in [0, 0.05) is 12.0 Å². The summed E-state index contributed by atoms with van der Waals surface area (Å²) in [6, 6.07) is 1.55. The summed E-state index contributed by atoms with van der Waals surface area (Å²) in [5.74, 6) is 0.254. The van der Waals surface area contributed by atoms with E-state index in [1.54, 1.807) is 6.07 Å². The van der Waals surface area contributed by atoms with Crippen LogP contribution in [0.25, 0.3) is 0 Å². The number of phenols is 1. The van der Waals surface area contributed by atoms with Crippen LogP contribution in [0, 0.1) is 0 Å². The van der Waals surface area contributed by atoms with Gasteiger partial charge in [-0.25, -0.2) is 0 Å². The quantitative estimate of drug-likeness (QED) is 0.726. The number of fused-ring (bicyclic) bond motifs is 1. The van der Waals surface area contributed by atoms with E-state index in [4.69, 9.17) is 16.3 Å². The lowest BCUT2D eigenvalue weighted by Gasteiger charge is -2.07. The molecule has 1 N–H and O–H groups in total. The molecule has 1 aromatic rings. The maximum atomic E-state index is 11.1. The third-order valence-electron chi connectivity index (χ3n) is 2.29. The summed E-state index contributed by atoms with van der Waals surface area (Å²) in [7, 11) is 0. The SMILES string of the molecule is CC(=O)c1cc2c(c(Cl)c1O)CCO2. The van der Waals surface area contributed by atoms with Crippen molar-refractivity contribution in [3.05, 3.63) is 22.2 Å². The average Bonchev–Trinajstić information content (AvgIpc) is 2.58. The zero-order valence-corrected chi connectivity index (χ0v) is 8.39. The maximum Gasteiger partial charge on any atom is 0.163 e. The number of carbonyl (C=O) groups excluding carboxylic acids is 1. The second kappa shape index (κ2) is 3.17. The number of ketones is 1. The van der Waals surface area contributed by atoms with E-state index >= 15 is 0 Å². The number of Topliss-reactive ketones (excluding diaryl/α,β-unsaturated/α-hetero) is 1. The van der Waals surface area contributed by atoms with E-state index in [1.807, 2.05) is 0 Å². The number of aromatic hydroxyl groups is 1. The Kier molecular flexibility index (Phi) is 2.11. The number of carbonyl (C=O) groups is 1. The zero-order chi connectivity index (χ0) is 10.3. The highest BCUT2D eigenvalue weighted by molar-refractivity contribution is 6.33. The molecule has 0 aromatic heterocycles. The molecule has 1 heterocycles. The van der Waals surface area contributed by atoms with Gasteiger partial charge in [-0.05, 0) is 13.0 Å². The highest BCUT2D eigenvalue weighted by atomic mass is 35.5. The van der Waals surface area contributed by atoms with E-state index in [9.17, 15) is 9.90 Å². The van der Waals surface area contributed by atoms with Crippen LogP contribution in [0.4, 0.5) is 0 Å². The maximum absolute atomic E-state index is 11.1. The van der Waals surface area contributed by atoms with Gasteiger partial charge in [-0.15, -0.1) is 0 Å². The molecular weight excluding hydrogens is 204 g/mol. The fourth-order valence-electron chi connectivity index (χ4n) is 1.55. The monoisotopic (exact) mass is 212 g/mol. The van der Waals surface area contributed by atoms with Crippen molar-refractivity contribution in [3.63, 3.8) is 0 Å². The van der Waals surface area contributed by atoms with Crippen LogP contribution in [0.15, 0.2) is 6.07 Å². The molecule has 74 valence electrons. The lowest BCUT2D eigenvalue weighted by molar-refractivity contribution is 0.101. The Morgan fingerprint density at radius 3 is 3.00 bits per heavy atom. The van der Waals surface area contributed by atoms with Gasteiger partial charge in [-0.1, -0.05) is 11.6 Å². The van der Waals surface area contributed by atoms with E-state index in [-0.39, 0.29) is 22.1 Å². The van der Waals surface area contributed by atoms with Crippen LogP contribution in [0.1, 0.15) is 22.8 Å². The minimum Gasteiger partial charge on any atom is -0.506 e. The van der Waals surface area contributed by atoms with Gasteiger partial charge in [-0.3, -0.25) is 4.79 Å². The lowest BCUT2D eigenvalue weighted by atomic mass is 10.1. The molecule has 1 aliphatic heterocycles. The van der Waals surface area contributed by atoms with E-state index in [2.05, 4.69) is 0 Å². The summed E-state index contributed by atoms with van der Waals surface area (Å²) in [5, 5.41) is 9.86. The van der Waals surface area contributed by atoms with E-state index in [0.717, 1.165) is 5.56 Å². The molecule has 0 atom stereocenters. The Labute approximate surface area is 86.3 Å². The van der Waals surface area contributed by atoms with Gasteiger partial charge in [0.2, 0.25) is 0 Å². The summed E-state index contributed by atoms with van der Waals surface area (Å²) in [6.07, 6.45) is 0.680. The highest BCUT2D eigenvalue weighted by Gasteiger charge is 2.22. The van der Waals surface area contributed by atoms with Crippen molar-refractivity contribution in [2.75, 3.05) is 6.61 Å². The minimum absolute atomic E-state index is 0.136. The molecule has 0 fully saturated rings. The molecule has 1 aliphatic rings. The van der Waals surface area contributed by atoms with Crippen LogP contribution in [0.5, 0.6) is 11.5 Å². The number of rotatable bonds is 1. The zero-order valence-electron chi connectivity index (χ0n) is 7.63. The number of benzene rings is 1. The molecule has 0 radical (unpaired) electrons. The number of hydrogen-bond donors (Lipinski definition) is 1. The van der Waals surface area contributed by atoms with Crippen LogP contribution in [0.3, 0.4) is 0 Å². The Bertz CT molecular complexity index is 412. The molecule has 1 aromatic carbocycles. The summed E-state index contributed by atoms with van der Waals surface area (Å²) in [4.78, 5) is 11.1. The van der Waals surface area contributed by atoms with Gasteiger partial charge in [0.05, 0.1) is 17.2 Å². The molecule has 0 unspecified atom stereocenters. The highest BCUT2D eigenvalue weighted by Crippen LogP contribution is 2.40. The van der Waals surface area contributed by atoms with Crippen LogP contribution in [0.2, 0.25) is 5.02 Å². The third kappa shape index (κ3) is 1.24. The van der Waals surface area contributed by atoms with Crippen LogP contribution >= 0.6 is 11.6 Å². The molecule has 3 nitrogen and oxygen atoms in total. The van der Waals surface area contributed by atoms with Crippen LogP contribution < -0.4 is 4.74 Å². The number of phenolic OH excluding ortho intramolecular Hbond substituents is 1. The predicted molar refractivity (Wildman–Crippen MR) is 52.3 cm³/mol. The Morgan fingerprint density at radius 2 is 2.36 bits per heavy atom. The fourth-order valence-corrected chi connectivity index (χ4v) is 1.84. The molecule has 0 saturated carbocycles. The second-order valence-corrected chi connectivity index (χ2v) is 3.60. The number of ether oxygens (including phenoxy) is 1. The van der Waals surface area contributed by atoms with Gasteiger partial charge in [0.15, 0.2) is 5.78 Å². The van der Waals surface area contributed by atoms with Crippen molar-refractivity contribution in [3.8, 4) is 11.5 Å². The van der Waals surface area contributed by atoms with Gasteiger partial charge >= 0.3 is 0 Å².